The van der Waals surface area contributed by atoms with Gasteiger partial charge >= 0.3 is 0 Å². The third kappa shape index (κ3) is 5.66. The molecule has 2 aliphatic rings. The lowest BCUT2D eigenvalue weighted by atomic mass is 10.0. The number of nitrogens with one attached hydrogen (secondary N) is 1. The van der Waals surface area contributed by atoms with Gasteiger partial charge in [0.15, 0.2) is 5.65 Å². The van der Waals surface area contributed by atoms with Crippen molar-refractivity contribution in [3.8, 4) is 34.2 Å². The van der Waals surface area contributed by atoms with Crippen molar-refractivity contribution in [1.82, 2.24) is 14.3 Å². The Morgan fingerprint density at radius 2 is 1.64 bits per heavy atom. The maximum Gasteiger partial charge on any atom is 0.269 e. The summed E-state index contributed by atoms with van der Waals surface area (Å²) in [6, 6.07) is 28.0. The molecule has 0 radical (unpaired) electrons. The average molecular weight is 620 g/mol. The third-order valence-electron chi connectivity index (χ3n) is 8.46. The van der Waals surface area contributed by atoms with E-state index in [0.717, 1.165) is 61.4 Å². The van der Waals surface area contributed by atoms with Crippen LogP contribution in [0, 0.1) is 11.3 Å². The number of anilines is 1. The van der Waals surface area contributed by atoms with Crippen LogP contribution in [0.15, 0.2) is 96.0 Å². The topological polar surface area (TPSA) is 109 Å². The van der Waals surface area contributed by atoms with Crippen LogP contribution < -0.4 is 15.0 Å². The van der Waals surface area contributed by atoms with E-state index < -0.39 is 10.0 Å². The highest BCUT2D eigenvalue weighted by atomic mass is 32.2. The van der Waals surface area contributed by atoms with Gasteiger partial charge in [-0.3, -0.25) is 0 Å². The van der Waals surface area contributed by atoms with E-state index in [2.05, 4.69) is 21.3 Å². The molecule has 0 spiro atoms. The number of ether oxygens (including phenoxy) is 2. The summed E-state index contributed by atoms with van der Waals surface area (Å²) in [5.41, 5.74) is 4.65. The molecule has 0 atom stereocenters. The smallest absolute Gasteiger partial charge is 0.269 e. The Hall–Kier alpha value is -4.69. The van der Waals surface area contributed by atoms with Crippen LogP contribution in [0.25, 0.3) is 33.4 Å². The first-order valence-corrected chi connectivity index (χ1v) is 16.6. The van der Waals surface area contributed by atoms with E-state index in [9.17, 15) is 13.7 Å². The summed E-state index contributed by atoms with van der Waals surface area (Å²) < 4.78 is 41.4. The molecule has 7 rings (SSSR count). The van der Waals surface area contributed by atoms with Gasteiger partial charge < -0.3 is 19.7 Å². The molecule has 2 saturated heterocycles. The highest BCUT2D eigenvalue weighted by molar-refractivity contribution is 7.90. The van der Waals surface area contributed by atoms with Crippen molar-refractivity contribution in [2.75, 3.05) is 44.3 Å². The van der Waals surface area contributed by atoms with Gasteiger partial charge in [0.1, 0.15) is 17.9 Å². The minimum absolute atomic E-state index is 0.00193. The molecule has 0 aliphatic carbocycles. The zero-order chi connectivity index (χ0) is 30.8. The number of rotatable bonds is 7. The Morgan fingerprint density at radius 1 is 0.911 bits per heavy atom. The van der Waals surface area contributed by atoms with E-state index >= 15 is 0 Å². The van der Waals surface area contributed by atoms with Crippen LogP contribution in [0.3, 0.4) is 0 Å². The highest BCUT2D eigenvalue weighted by Crippen LogP contribution is 2.38. The van der Waals surface area contributed by atoms with Crippen molar-refractivity contribution >= 4 is 26.7 Å². The zero-order valence-corrected chi connectivity index (χ0v) is 25.5. The number of piperazine rings is 1. The Morgan fingerprint density at radius 3 is 2.38 bits per heavy atom. The van der Waals surface area contributed by atoms with Gasteiger partial charge in [-0.2, -0.15) is 5.26 Å². The van der Waals surface area contributed by atoms with Crippen LogP contribution in [-0.4, -0.2) is 62.9 Å². The molecule has 0 saturated carbocycles. The number of hydrogen-bond acceptors (Lipinski definition) is 8. The number of pyridine rings is 1. The van der Waals surface area contributed by atoms with Crippen molar-refractivity contribution in [3.05, 3.63) is 96.7 Å². The fraction of sp³-hybridized carbons (Fsp3) is 0.257. The fourth-order valence-electron chi connectivity index (χ4n) is 6.10. The molecular formula is C35H33N5O4S. The van der Waals surface area contributed by atoms with Crippen molar-refractivity contribution in [2.45, 2.75) is 23.8 Å². The lowest BCUT2D eigenvalue weighted by Gasteiger charge is -2.29. The maximum atomic E-state index is 14.2. The molecule has 2 aromatic heterocycles. The van der Waals surface area contributed by atoms with Crippen LogP contribution >= 0.6 is 0 Å². The number of nitriles is 1. The minimum atomic E-state index is -4.01. The molecule has 228 valence electrons. The van der Waals surface area contributed by atoms with E-state index in [-0.39, 0.29) is 11.0 Å². The molecule has 2 fully saturated rings. The number of fused-ring (bicyclic) bond motifs is 1. The summed E-state index contributed by atoms with van der Waals surface area (Å²) in [7, 11) is -4.01. The summed E-state index contributed by atoms with van der Waals surface area (Å²) in [4.78, 5) is 7.09. The van der Waals surface area contributed by atoms with Crippen LogP contribution in [0.2, 0.25) is 0 Å². The maximum absolute atomic E-state index is 14.2. The molecule has 4 heterocycles. The number of hydrogen-bond donors (Lipinski definition) is 1. The van der Waals surface area contributed by atoms with Gasteiger partial charge in [-0.25, -0.2) is 17.4 Å². The Kier molecular flexibility index (Phi) is 7.98. The number of aromatic nitrogens is 2. The standard InChI is InChI=1S/C35H33N5O4S/c36-24-27-22-26(8-11-34(27)44-29-13-20-43-21-14-29)31-12-15-38-35-32(31)23-33(40(35)45(41,42)30-4-2-1-3-5-30)25-6-9-28(10-7-25)39-18-16-37-17-19-39/h1-12,15,22-23,29,37H,13-14,16-21H2. The first kappa shape index (κ1) is 29.0. The Bertz CT molecular complexity index is 1970. The van der Waals surface area contributed by atoms with E-state index in [4.69, 9.17) is 9.47 Å². The number of benzene rings is 3. The second-order valence-electron chi connectivity index (χ2n) is 11.2. The first-order valence-electron chi connectivity index (χ1n) is 15.2. The van der Waals surface area contributed by atoms with E-state index in [0.29, 0.717) is 41.3 Å². The largest absolute Gasteiger partial charge is 0.489 e. The SMILES string of the molecule is N#Cc1cc(-c2ccnc3c2cc(-c2ccc(N4CCNCC4)cc2)n3S(=O)(=O)c2ccccc2)ccc1OC1CCOCC1. The molecule has 9 nitrogen and oxygen atoms in total. The second kappa shape index (κ2) is 12.4. The van der Waals surface area contributed by atoms with Gasteiger partial charge in [0.2, 0.25) is 0 Å². The van der Waals surface area contributed by atoms with Crippen molar-refractivity contribution in [1.29, 1.82) is 5.26 Å². The minimum Gasteiger partial charge on any atom is -0.489 e. The lowest BCUT2D eigenvalue weighted by molar-refractivity contribution is 0.0254. The fourth-order valence-corrected chi connectivity index (χ4v) is 7.60. The van der Waals surface area contributed by atoms with Crippen molar-refractivity contribution in [3.63, 3.8) is 0 Å². The van der Waals surface area contributed by atoms with E-state index in [1.165, 1.54) is 3.97 Å². The quantitative estimate of drug-likeness (QED) is 0.256. The summed E-state index contributed by atoms with van der Waals surface area (Å²) >= 11 is 0. The molecule has 0 bridgehead atoms. The predicted molar refractivity (Wildman–Crippen MR) is 174 cm³/mol. The first-order chi connectivity index (χ1) is 22.0. The molecule has 0 unspecified atom stereocenters. The molecule has 0 amide bonds. The van der Waals surface area contributed by atoms with Gasteiger partial charge in [0.25, 0.3) is 10.0 Å². The molecule has 5 aromatic rings. The third-order valence-corrected chi connectivity index (χ3v) is 10.2. The zero-order valence-electron chi connectivity index (χ0n) is 24.7. The van der Waals surface area contributed by atoms with E-state index in [1.807, 2.05) is 48.5 Å². The second-order valence-corrected chi connectivity index (χ2v) is 13.0. The van der Waals surface area contributed by atoms with Crippen LogP contribution in [0.5, 0.6) is 5.75 Å². The Balaban J connectivity index is 1.35. The van der Waals surface area contributed by atoms with Crippen LogP contribution in [0.1, 0.15) is 18.4 Å². The summed E-state index contributed by atoms with van der Waals surface area (Å²) in [5.74, 6) is 0.535. The molecular weight excluding hydrogens is 586 g/mol. The number of nitrogens with zero attached hydrogens (tertiary/aromatic N) is 4. The summed E-state index contributed by atoms with van der Waals surface area (Å²) in [6.45, 7) is 4.97. The van der Waals surface area contributed by atoms with Gasteiger partial charge in [-0.05, 0) is 65.2 Å². The van der Waals surface area contributed by atoms with Gasteiger partial charge in [-0.1, -0.05) is 36.4 Å². The molecule has 45 heavy (non-hydrogen) atoms. The van der Waals surface area contributed by atoms with Gasteiger partial charge in [-0.15, -0.1) is 0 Å². The van der Waals surface area contributed by atoms with Crippen molar-refractivity contribution < 1.29 is 17.9 Å². The molecule has 3 aromatic carbocycles. The molecule has 2 aliphatic heterocycles. The van der Waals surface area contributed by atoms with E-state index in [1.54, 1.807) is 42.6 Å². The lowest BCUT2D eigenvalue weighted by Crippen LogP contribution is -2.43. The van der Waals surface area contributed by atoms with Crippen LogP contribution in [-0.2, 0) is 14.8 Å². The molecule has 10 heteroatoms. The highest BCUT2D eigenvalue weighted by Gasteiger charge is 2.26. The predicted octanol–water partition coefficient (Wildman–Crippen LogP) is 5.45. The average Bonchev–Trinajstić information content (AvgIpc) is 3.51. The Labute approximate surface area is 262 Å². The van der Waals surface area contributed by atoms with Crippen LogP contribution in [0.4, 0.5) is 5.69 Å². The normalized spacial score (nSPS) is 16.0. The molecule has 1 N–H and O–H groups in total. The monoisotopic (exact) mass is 619 g/mol. The summed E-state index contributed by atoms with van der Waals surface area (Å²) in [6.07, 6.45) is 3.17. The summed E-state index contributed by atoms with van der Waals surface area (Å²) in [5, 5.41) is 14.1. The van der Waals surface area contributed by atoms with Gasteiger partial charge in [0, 0.05) is 56.3 Å². The van der Waals surface area contributed by atoms with Gasteiger partial charge in [0.05, 0.1) is 29.4 Å². The van der Waals surface area contributed by atoms with Crippen molar-refractivity contribution in [2.24, 2.45) is 0 Å².